The Balaban J connectivity index is 2.47. The summed E-state index contributed by atoms with van der Waals surface area (Å²) >= 11 is 3.16. The molecule has 0 saturated heterocycles. The molecular weight excluding hydrogens is 334 g/mol. The molecule has 1 aliphatic rings. The third-order valence-corrected chi connectivity index (χ3v) is 4.07. The average molecular weight is 349 g/mol. The SMILES string of the molecule is CCOC(=O)C(Br)c1cc(C2CC2)c(F)c(F)c1OC. The standard InChI is InChI=1S/C14H15BrF2O3/c1-3-20-14(18)10(15)9-6-8(7-4-5-7)11(16)12(17)13(9)19-2/h6-7,10H,3-5H2,1-2H3. The van der Waals surface area contributed by atoms with Crippen molar-refractivity contribution >= 4 is 21.9 Å². The van der Waals surface area contributed by atoms with Crippen molar-refractivity contribution in [1.29, 1.82) is 0 Å². The van der Waals surface area contributed by atoms with Gasteiger partial charge in [0.2, 0.25) is 5.82 Å². The van der Waals surface area contributed by atoms with Crippen LogP contribution in [-0.2, 0) is 9.53 Å². The van der Waals surface area contributed by atoms with E-state index in [0.29, 0.717) is 5.56 Å². The van der Waals surface area contributed by atoms with Crippen LogP contribution in [0.1, 0.15) is 41.6 Å². The van der Waals surface area contributed by atoms with Gasteiger partial charge in [0.05, 0.1) is 13.7 Å². The highest BCUT2D eigenvalue weighted by molar-refractivity contribution is 9.09. The Morgan fingerprint density at radius 1 is 1.45 bits per heavy atom. The lowest BCUT2D eigenvalue weighted by atomic mass is 10.0. The van der Waals surface area contributed by atoms with E-state index in [-0.39, 0.29) is 23.8 Å². The first-order chi connectivity index (χ1) is 9.51. The predicted molar refractivity (Wildman–Crippen MR) is 73.2 cm³/mol. The van der Waals surface area contributed by atoms with Crippen molar-refractivity contribution in [3.63, 3.8) is 0 Å². The summed E-state index contributed by atoms with van der Waals surface area (Å²) in [6.07, 6.45) is 1.66. The van der Waals surface area contributed by atoms with Crippen LogP contribution >= 0.6 is 15.9 Å². The number of hydrogen-bond acceptors (Lipinski definition) is 3. The van der Waals surface area contributed by atoms with E-state index in [1.807, 2.05) is 0 Å². The molecule has 0 spiro atoms. The number of carbonyl (C=O) groups excluding carboxylic acids is 1. The van der Waals surface area contributed by atoms with Crippen LogP contribution in [0.2, 0.25) is 0 Å². The first kappa shape index (κ1) is 15.2. The summed E-state index contributed by atoms with van der Waals surface area (Å²) in [5, 5.41) is 0. The molecule has 1 aliphatic carbocycles. The van der Waals surface area contributed by atoms with Gasteiger partial charge >= 0.3 is 5.97 Å². The molecule has 110 valence electrons. The summed E-state index contributed by atoms with van der Waals surface area (Å²) in [6, 6.07) is 1.49. The van der Waals surface area contributed by atoms with Gasteiger partial charge in [0, 0.05) is 5.56 Å². The fourth-order valence-corrected chi connectivity index (χ4v) is 2.55. The van der Waals surface area contributed by atoms with Gasteiger partial charge in [0.1, 0.15) is 4.83 Å². The first-order valence-electron chi connectivity index (χ1n) is 6.37. The van der Waals surface area contributed by atoms with Crippen LogP contribution in [0.15, 0.2) is 6.07 Å². The third-order valence-electron chi connectivity index (χ3n) is 3.21. The van der Waals surface area contributed by atoms with Crippen LogP contribution in [0.5, 0.6) is 5.75 Å². The zero-order chi connectivity index (χ0) is 14.9. The molecule has 0 amide bonds. The number of hydrogen-bond donors (Lipinski definition) is 0. The van der Waals surface area contributed by atoms with E-state index >= 15 is 0 Å². The minimum Gasteiger partial charge on any atom is -0.493 e. The molecule has 1 atom stereocenters. The predicted octanol–water partition coefficient (Wildman–Crippen LogP) is 3.85. The highest BCUT2D eigenvalue weighted by Crippen LogP contribution is 2.46. The lowest BCUT2D eigenvalue weighted by molar-refractivity contribution is -0.142. The zero-order valence-corrected chi connectivity index (χ0v) is 12.8. The molecule has 6 heteroatoms. The second-order valence-corrected chi connectivity index (χ2v) is 5.52. The van der Waals surface area contributed by atoms with Crippen molar-refractivity contribution in [1.82, 2.24) is 0 Å². The van der Waals surface area contributed by atoms with E-state index in [9.17, 15) is 13.6 Å². The molecule has 1 saturated carbocycles. The van der Waals surface area contributed by atoms with E-state index in [1.54, 1.807) is 6.92 Å². The molecule has 1 unspecified atom stereocenters. The van der Waals surface area contributed by atoms with E-state index in [2.05, 4.69) is 15.9 Å². The number of benzene rings is 1. The molecular formula is C14H15BrF2O3. The van der Waals surface area contributed by atoms with Crippen molar-refractivity contribution in [3.05, 3.63) is 28.8 Å². The second-order valence-electron chi connectivity index (χ2n) is 4.61. The summed E-state index contributed by atoms with van der Waals surface area (Å²) < 4.78 is 37.8. The molecule has 1 aromatic rings. The van der Waals surface area contributed by atoms with Crippen LogP contribution < -0.4 is 4.74 Å². The number of carbonyl (C=O) groups is 1. The van der Waals surface area contributed by atoms with Crippen molar-refractivity contribution in [2.45, 2.75) is 30.5 Å². The van der Waals surface area contributed by atoms with Gasteiger partial charge in [-0.1, -0.05) is 15.9 Å². The molecule has 1 aromatic carbocycles. The minimum atomic E-state index is -1.05. The summed E-state index contributed by atoms with van der Waals surface area (Å²) in [6.45, 7) is 1.89. The maximum atomic E-state index is 14.0. The maximum absolute atomic E-state index is 14.0. The average Bonchev–Trinajstić information content (AvgIpc) is 3.25. The molecule has 0 N–H and O–H groups in total. The van der Waals surface area contributed by atoms with Gasteiger partial charge in [-0.3, -0.25) is 4.79 Å². The Labute approximate surface area is 124 Å². The molecule has 0 aromatic heterocycles. The van der Waals surface area contributed by atoms with Crippen molar-refractivity contribution in [2.24, 2.45) is 0 Å². The van der Waals surface area contributed by atoms with Crippen LogP contribution in [0.25, 0.3) is 0 Å². The number of methoxy groups -OCH3 is 1. The smallest absolute Gasteiger partial charge is 0.324 e. The summed E-state index contributed by atoms with van der Waals surface area (Å²) in [4.78, 5) is 10.9. The molecule has 0 radical (unpaired) electrons. The van der Waals surface area contributed by atoms with Crippen molar-refractivity contribution in [3.8, 4) is 5.75 Å². The fourth-order valence-electron chi connectivity index (χ4n) is 2.08. The molecule has 0 bridgehead atoms. The van der Waals surface area contributed by atoms with E-state index in [1.165, 1.54) is 13.2 Å². The molecule has 2 rings (SSSR count). The number of esters is 1. The summed E-state index contributed by atoms with van der Waals surface area (Å²) in [7, 11) is 1.24. The molecule has 0 heterocycles. The van der Waals surface area contributed by atoms with Gasteiger partial charge < -0.3 is 9.47 Å². The van der Waals surface area contributed by atoms with E-state index in [0.717, 1.165) is 12.8 Å². The van der Waals surface area contributed by atoms with E-state index in [4.69, 9.17) is 9.47 Å². The van der Waals surface area contributed by atoms with Gasteiger partial charge in [-0.2, -0.15) is 4.39 Å². The van der Waals surface area contributed by atoms with Crippen molar-refractivity contribution < 1.29 is 23.0 Å². The number of halogens is 3. The summed E-state index contributed by atoms with van der Waals surface area (Å²) in [5.41, 5.74) is 0.554. The van der Waals surface area contributed by atoms with Crippen LogP contribution in [0.3, 0.4) is 0 Å². The van der Waals surface area contributed by atoms with Crippen LogP contribution in [0.4, 0.5) is 8.78 Å². The monoisotopic (exact) mass is 348 g/mol. The summed E-state index contributed by atoms with van der Waals surface area (Å²) in [5.74, 6) is -2.74. The van der Waals surface area contributed by atoms with Gasteiger partial charge in [-0.25, -0.2) is 4.39 Å². The lowest BCUT2D eigenvalue weighted by Gasteiger charge is -2.16. The fraction of sp³-hybridized carbons (Fsp3) is 0.500. The number of rotatable bonds is 5. The van der Waals surface area contributed by atoms with Gasteiger partial charge in [0.25, 0.3) is 0 Å². The highest BCUT2D eigenvalue weighted by atomic mass is 79.9. The number of alkyl halides is 1. The highest BCUT2D eigenvalue weighted by Gasteiger charge is 2.33. The Morgan fingerprint density at radius 3 is 2.60 bits per heavy atom. The Bertz CT molecular complexity index is 530. The van der Waals surface area contributed by atoms with Crippen LogP contribution in [0, 0.1) is 11.6 Å². The zero-order valence-electron chi connectivity index (χ0n) is 11.2. The topological polar surface area (TPSA) is 35.5 Å². The van der Waals surface area contributed by atoms with Crippen molar-refractivity contribution in [2.75, 3.05) is 13.7 Å². The Morgan fingerprint density at radius 2 is 2.10 bits per heavy atom. The second kappa shape index (κ2) is 6.08. The minimum absolute atomic E-state index is 0.0241. The molecule has 0 aliphatic heterocycles. The van der Waals surface area contributed by atoms with Crippen LogP contribution in [-0.4, -0.2) is 19.7 Å². The molecule has 1 fully saturated rings. The van der Waals surface area contributed by atoms with Gasteiger partial charge in [-0.05, 0) is 37.3 Å². The first-order valence-corrected chi connectivity index (χ1v) is 7.29. The number of ether oxygens (including phenoxy) is 2. The van der Waals surface area contributed by atoms with E-state index < -0.39 is 22.4 Å². The van der Waals surface area contributed by atoms with Gasteiger partial charge in [-0.15, -0.1) is 0 Å². The lowest BCUT2D eigenvalue weighted by Crippen LogP contribution is -2.13. The Hall–Kier alpha value is -1.17. The quantitative estimate of drug-likeness (QED) is 0.598. The normalized spacial score (nSPS) is 15.8. The van der Waals surface area contributed by atoms with Gasteiger partial charge in [0.15, 0.2) is 11.6 Å². The third kappa shape index (κ3) is 2.80. The molecule has 20 heavy (non-hydrogen) atoms. The maximum Gasteiger partial charge on any atom is 0.324 e. The Kier molecular flexibility index (Phi) is 4.62. The molecule has 3 nitrogen and oxygen atoms in total. The largest absolute Gasteiger partial charge is 0.493 e.